The van der Waals surface area contributed by atoms with Crippen LogP contribution < -0.4 is 15.8 Å². The van der Waals surface area contributed by atoms with Crippen LogP contribution in [0.3, 0.4) is 0 Å². The standard InChI is InChI=1S/C18H16N2O4/c1-23-15-10-6-5-9-14(15)19-17(21)12-20-11-16(24-18(20)22)13-7-3-2-4-8-13/h2-11H,12H2,1H3,(H,19,21). The molecule has 0 aliphatic carbocycles. The number of oxazole rings is 1. The van der Waals surface area contributed by atoms with E-state index in [9.17, 15) is 9.59 Å². The van der Waals surface area contributed by atoms with Crippen molar-refractivity contribution in [3.8, 4) is 17.1 Å². The lowest BCUT2D eigenvalue weighted by Crippen LogP contribution is -2.24. The van der Waals surface area contributed by atoms with Crippen molar-refractivity contribution in [1.29, 1.82) is 0 Å². The molecule has 0 bridgehead atoms. The third kappa shape index (κ3) is 3.38. The highest BCUT2D eigenvalue weighted by atomic mass is 16.5. The molecule has 0 fully saturated rings. The fraction of sp³-hybridized carbons (Fsp3) is 0.111. The molecule has 0 aliphatic rings. The molecule has 122 valence electrons. The Morgan fingerprint density at radius 1 is 1.12 bits per heavy atom. The van der Waals surface area contributed by atoms with Crippen molar-refractivity contribution < 1.29 is 13.9 Å². The topological polar surface area (TPSA) is 73.5 Å². The number of ether oxygens (including phenoxy) is 1. The van der Waals surface area contributed by atoms with Crippen LogP contribution in [0.25, 0.3) is 11.3 Å². The van der Waals surface area contributed by atoms with Crippen LogP contribution in [0.4, 0.5) is 5.69 Å². The molecule has 0 atom stereocenters. The molecule has 3 rings (SSSR count). The summed E-state index contributed by atoms with van der Waals surface area (Å²) < 4.78 is 11.6. The minimum Gasteiger partial charge on any atom is -0.495 e. The second-order valence-electron chi connectivity index (χ2n) is 5.10. The predicted octanol–water partition coefficient (Wildman–Crippen LogP) is 2.76. The number of anilines is 1. The number of rotatable bonds is 5. The molecule has 1 aromatic heterocycles. The lowest BCUT2D eigenvalue weighted by molar-refractivity contribution is -0.116. The number of aromatic nitrogens is 1. The number of methoxy groups -OCH3 is 1. The molecule has 0 radical (unpaired) electrons. The van der Waals surface area contributed by atoms with E-state index in [0.717, 1.165) is 5.56 Å². The van der Waals surface area contributed by atoms with Gasteiger partial charge < -0.3 is 14.5 Å². The van der Waals surface area contributed by atoms with E-state index in [0.29, 0.717) is 17.2 Å². The van der Waals surface area contributed by atoms with Gasteiger partial charge in [-0.05, 0) is 12.1 Å². The maximum atomic E-state index is 12.2. The first-order chi connectivity index (χ1) is 11.7. The summed E-state index contributed by atoms with van der Waals surface area (Å²) in [6.45, 7) is -0.146. The van der Waals surface area contributed by atoms with Crippen molar-refractivity contribution in [3.63, 3.8) is 0 Å². The van der Waals surface area contributed by atoms with Gasteiger partial charge >= 0.3 is 5.76 Å². The van der Waals surface area contributed by atoms with Crippen LogP contribution in [0.15, 0.2) is 70.0 Å². The Hall–Kier alpha value is -3.28. The van der Waals surface area contributed by atoms with Crippen molar-refractivity contribution >= 4 is 11.6 Å². The lowest BCUT2D eigenvalue weighted by atomic mass is 10.2. The molecular formula is C18H16N2O4. The summed E-state index contributed by atoms with van der Waals surface area (Å²) in [4.78, 5) is 24.1. The Morgan fingerprint density at radius 3 is 2.58 bits per heavy atom. The fourth-order valence-electron chi connectivity index (χ4n) is 2.31. The summed E-state index contributed by atoms with van der Waals surface area (Å²) >= 11 is 0. The molecule has 1 N–H and O–H groups in total. The summed E-state index contributed by atoms with van der Waals surface area (Å²) in [7, 11) is 1.53. The van der Waals surface area contributed by atoms with Gasteiger partial charge in [-0.3, -0.25) is 9.36 Å². The number of carbonyl (C=O) groups excluding carboxylic acids is 1. The number of nitrogens with zero attached hydrogens (tertiary/aromatic N) is 1. The normalized spacial score (nSPS) is 10.4. The number of amides is 1. The van der Waals surface area contributed by atoms with E-state index in [1.165, 1.54) is 17.9 Å². The number of hydrogen-bond donors (Lipinski definition) is 1. The molecule has 0 aliphatic heterocycles. The monoisotopic (exact) mass is 324 g/mol. The van der Waals surface area contributed by atoms with Gasteiger partial charge in [-0.25, -0.2) is 4.79 Å². The van der Waals surface area contributed by atoms with Crippen LogP contribution in [-0.2, 0) is 11.3 Å². The van der Waals surface area contributed by atoms with E-state index in [-0.39, 0.29) is 12.5 Å². The number of hydrogen-bond acceptors (Lipinski definition) is 4. The van der Waals surface area contributed by atoms with Crippen molar-refractivity contribution in [2.24, 2.45) is 0 Å². The van der Waals surface area contributed by atoms with Gasteiger partial charge in [-0.2, -0.15) is 0 Å². The van der Waals surface area contributed by atoms with Crippen LogP contribution in [0.5, 0.6) is 5.75 Å². The molecular weight excluding hydrogens is 308 g/mol. The fourth-order valence-corrected chi connectivity index (χ4v) is 2.31. The summed E-state index contributed by atoms with van der Waals surface area (Å²) in [5.41, 5.74) is 1.32. The molecule has 6 nitrogen and oxygen atoms in total. The minimum absolute atomic E-state index is 0.146. The van der Waals surface area contributed by atoms with Crippen LogP contribution >= 0.6 is 0 Å². The zero-order chi connectivity index (χ0) is 16.9. The van der Waals surface area contributed by atoms with Crippen LogP contribution in [0, 0.1) is 0 Å². The van der Waals surface area contributed by atoms with Gasteiger partial charge in [-0.1, -0.05) is 42.5 Å². The summed E-state index contributed by atoms with van der Waals surface area (Å²) in [5, 5.41) is 2.72. The van der Waals surface area contributed by atoms with Gasteiger partial charge in [0.15, 0.2) is 5.76 Å². The van der Waals surface area contributed by atoms with E-state index < -0.39 is 5.76 Å². The van der Waals surface area contributed by atoms with E-state index in [1.54, 1.807) is 24.3 Å². The van der Waals surface area contributed by atoms with E-state index >= 15 is 0 Å². The van der Waals surface area contributed by atoms with Crippen LogP contribution in [-0.4, -0.2) is 17.6 Å². The van der Waals surface area contributed by atoms with Crippen molar-refractivity contribution in [2.75, 3.05) is 12.4 Å². The van der Waals surface area contributed by atoms with Crippen LogP contribution in [0.2, 0.25) is 0 Å². The highest BCUT2D eigenvalue weighted by Gasteiger charge is 2.12. The number of nitrogens with one attached hydrogen (secondary N) is 1. The smallest absolute Gasteiger partial charge is 0.419 e. The Labute approximate surface area is 138 Å². The predicted molar refractivity (Wildman–Crippen MR) is 90.0 cm³/mol. The zero-order valence-corrected chi connectivity index (χ0v) is 13.1. The van der Waals surface area contributed by atoms with Crippen LogP contribution in [0.1, 0.15) is 0 Å². The third-order valence-electron chi connectivity index (χ3n) is 3.46. The Kier molecular flexibility index (Phi) is 4.47. The van der Waals surface area contributed by atoms with E-state index in [2.05, 4.69) is 5.32 Å². The molecule has 2 aromatic carbocycles. The summed E-state index contributed by atoms with van der Waals surface area (Å²) in [5.74, 6) is 0.0482. The summed E-state index contributed by atoms with van der Waals surface area (Å²) in [6, 6.07) is 16.3. The third-order valence-corrected chi connectivity index (χ3v) is 3.46. The molecule has 0 saturated heterocycles. The molecule has 1 amide bonds. The van der Waals surface area contributed by atoms with Crippen molar-refractivity contribution in [2.45, 2.75) is 6.54 Å². The first-order valence-electron chi connectivity index (χ1n) is 7.36. The van der Waals surface area contributed by atoms with Gasteiger partial charge in [0.05, 0.1) is 19.0 Å². The van der Waals surface area contributed by atoms with Crippen molar-refractivity contribution in [1.82, 2.24) is 4.57 Å². The minimum atomic E-state index is -0.580. The van der Waals surface area contributed by atoms with Gasteiger partial charge in [0.25, 0.3) is 0 Å². The highest BCUT2D eigenvalue weighted by molar-refractivity contribution is 5.92. The highest BCUT2D eigenvalue weighted by Crippen LogP contribution is 2.23. The van der Waals surface area contributed by atoms with Gasteiger partial charge in [0.1, 0.15) is 12.3 Å². The second-order valence-corrected chi connectivity index (χ2v) is 5.10. The molecule has 1 heterocycles. The average molecular weight is 324 g/mol. The lowest BCUT2D eigenvalue weighted by Gasteiger charge is -2.09. The maximum Gasteiger partial charge on any atom is 0.419 e. The number of para-hydroxylation sites is 2. The number of benzene rings is 2. The molecule has 0 unspecified atom stereocenters. The van der Waals surface area contributed by atoms with Gasteiger partial charge in [0, 0.05) is 5.56 Å². The van der Waals surface area contributed by atoms with Crippen molar-refractivity contribution in [3.05, 3.63) is 71.3 Å². The number of carbonyl (C=O) groups is 1. The molecule has 3 aromatic rings. The molecule has 0 saturated carbocycles. The van der Waals surface area contributed by atoms with E-state index in [1.807, 2.05) is 30.3 Å². The first-order valence-corrected chi connectivity index (χ1v) is 7.36. The zero-order valence-electron chi connectivity index (χ0n) is 13.1. The van der Waals surface area contributed by atoms with Gasteiger partial charge in [0.2, 0.25) is 5.91 Å². The van der Waals surface area contributed by atoms with Gasteiger partial charge in [-0.15, -0.1) is 0 Å². The second kappa shape index (κ2) is 6.87. The first kappa shape index (κ1) is 15.6. The molecule has 24 heavy (non-hydrogen) atoms. The SMILES string of the molecule is COc1ccccc1NC(=O)Cn1cc(-c2ccccc2)oc1=O. The molecule has 0 spiro atoms. The quantitative estimate of drug-likeness (QED) is 0.783. The average Bonchev–Trinajstić information content (AvgIpc) is 2.97. The Bertz CT molecular complexity index is 897. The molecule has 6 heteroatoms. The van der Waals surface area contributed by atoms with E-state index in [4.69, 9.17) is 9.15 Å². The summed E-state index contributed by atoms with van der Waals surface area (Å²) in [6.07, 6.45) is 1.53. The Balaban J connectivity index is 1.75. The maximum absolute atomic E-state index is 12.2. The Morgan fingerprint density at radius 2 is 1.83 bits per heavy atom. The largest absolute Gasteiger partial charge is 0.495 e.